The molecule has 1 aliphatic carbocycles. The van der Waals surface area contributed by atoms with Gasteiger partial charge in [0.05, 0.1) is 11.8 Å². The maximum Gasteiger partial charge on any atom is 0.291 e. The van der Waals surface area contributed by atoms with Gasteiger partial charge in [-0.3, -0.25) is 4.79 Å². The van der Waals surface area contributed by atoms with Crippen LogP contribution in [0.5, 0.6) is 0 Å². The zero-order valence-corrected chi connectivity index (χ0v) is 13.4. The SMILES string of the molecule is Cc1c(C(=O)Nc2ccccc2F)oc2c1[C@H](O)CC(C)(C)C2. The number of nitrogens with one attached hydrogen (secondary N) is 1. The number of benzene rings is 1. The minimum Gasteiger partial charge on any atom is -0.455 e. The number of amides is 1. The number of carbonyl (C=O) groups is 1. The molecule has 1 aromatic carbocycles. The highest BCUT2D eigenvalue weighted by atomic mass is 19.1. The van der Waals surface area contributed by atoms with Gasteiger partial charge in [0, 0.05) is 17.5 Å². The molecule has 0 saturated carbocycles. The molecule has 122 valence electrons. The molecule has 1 amide bonds. The zero-order chi connectivity index (χ0) is 16.8. The molecule has 1 heterocycles. The van der Waals surface area contributed by atoms with Gasteiger partial charge in [-0.2, -0.15) is 0 Å². The lowest BCUT2D eigenvalue weighted by Gasteiger charge is -2.31. The van der Waals surface area contributed by atoms with Crippen LogP contribution in [0.2, 0.25) is 0 Å². The van der Waals surface area contributed by atoms with Gasteiger partial charge in [-0.25, -0.2) is 4.39 Å². The van der Waals surface area contributed by atoms with Gasteiger partial charge in [0.15, 0.2) is 5.76 Å². The molecule has 0 fully saturated rings. The lowest BCUT2D eigenvalue weighted by atomic mass is 9.75. The quantitative estimate of drug-likeness (QED) is 0.880. The minimum atomic E-state index is -0.646. The Kier molecular flexibility index (Phi) is 3.76. The Balaban J connectivity index is 1.93. The van der Waals surface area contributed by atoms with E-state index in [4.69, 9.17) is 4.42 Å². The first kappa shape index (κ1) is 15.7. The normalized spacial score (nSPS) is 19.3. The van der Waals surface area contributed by atoms with E-state index in [1.165, 1.54) is 12.1 Å². The fourth-order valence-electron chi connectivity index (χ4n) is 3.24. The van der Waals surface area contributed by atoms with Crippen molar-refractivity contribution in [3.63, 3.8) is 0 Å². The van der Waals surface area contributed by atoms with Gasteiger partial charge in [0.2, 0.25) is 0 Å². The number of hydrogen-bond donors (Lipinski definition) is 2. The maximum atomic E-state index is 13.7. The third kappa shape index (κ3) is 2.88. The molecule has 2 N–H and O–H groups in total. The molecule has 0 aliphatic heterocycles. The summed E-state index contributed by atoms with van der Waals surface area (Å²) in [5.74, 6) is -0.233. The van der Waals surface area contributed by atoms with Crippen LogP contribution in [-0.4, -0.2) is 11.0 Å². The summed E-state index contributed by atoms with van der Waals surface area (Å²) in [4.78, 5) is 12.4. The lowest BCUT2D eigenvalue weighted by molar-refractivity contribution is 0.0910. The Morgan fingerprint density at radius 3 is 2.78 bits per heavy atom. The topological polar surface area (TPSA) is 62.5 Å². The van der Waals surface area contributed by atoms with Crippen molar-refractivity contribution in [1.29, 1.82) is 0 Å². The monoisotopic (exact) mass is 317 g/mol. The number of furan rings is 1. The predicted octanol–water partition coefficient (Wildman–Crippen LogP) is 3.99. The third-order valence-electron chi connectivity index (χ3n) is 4.32. The smallest absolute Gasteiger partial charge is 0.291 e. The van der Waals surface area contributed by atoms with Crippen molar-refractivity contribution in [2.45, 2.75) is 39.7 Å². The predicted molar refractivity (Wildman–Crippen MR) is 84.9 cm³/mol. The average molecular weight is 317 g/mol. The van der Waals surface area contributed by atoms with E-state index in [1.54, 1.807) is 19.1 Å². The number of carbonyl (C=O) groups excluding carboxylic acids is 1. The maximum absolute atomic E-state index is 13.7. The van der Waals surface area contributed by atoms with Crippen molar-refractivity contribution < 1.29 is 18.7 Å². The number of rotatable bonds is 2. The summed E-state index contributed by atoms with van der Waals surface area (Å²) in [6.07, 6.45) is 0.634. The summed E-state index contributed by atoms with van der Waals surface area (Å²) < 4.78 is 19.4. The van der Waals surface area contributed by atoms with Crippen LogP contribution in [-0.2, 0) is 6.42 Å². The Labute approximate surface area is 134 Å². The molecule has 0 saturated heterocycles. The molecule has 1 atom stereocenters. The third-order valence-corrected chi connectivity index (χ3v) is 4.32. The van der Waals surface area contributed by atoms with Crippen LogP contribution in [0.1, 0.15) is 53.8 Å². The van der Waals surface area contributed by atoms with E-state index in [2.05, 4.69) is 19.2 Å². The molecule has 0 spiro atoms. The second kappa shape index (κ2) is 5.49. The summed E-state index contributed by atoms with van der Waals surface area (Å²) in [6, 6.07) is 5.97. The van der Waals surface area contributed by atoms with E-state index >= 15 is 0 Å². The van der Waals surface area contributed by atoms with E-state index < -0.39 is 17.8 Å². The van der Waals surface area contributed by atoms with E-state index in [0.717, 1.165) is 0 Å². The molecule has 3 rings (SSSR count). The van der Waals surface area contributed by atoms with E-state index in [9.17, 15) is 14.3 Å². The van der Waals surface area contributed by atoms with Crippen molar-refractivity contribution >= 4 is 11.6 Å². The molecule has 0 unspecified atom stereocenters. The van der Waals surface area contributed by atoms with Crippen molar-refractivity contribution in [3.05, 3.63) is 52.7 Å². The first-order valence-electron chi connectivity index (χ1n) is 7.64. The highest BCUT2D eigenvalue weighted by Crippen LogP contribution is 2.44. The fraction of sp³-hybridized carbons (Fsp3) is 0.389. The van der Waals surface area contributed by atoms with Gasteiger partial charge < -0.3 is 14.8 Å². The number of para-hydroxylation sites is 1. The summed E-state index contributed by atoms with van der Waals surface area (Å²) >= 11 is 0. The highest BCUT2D eigenvalue weighted by Gasteiger charge is 2.37. The first-order chi connectivity index (χ1) is 10.8. The highest BCUT2D eigenvalue weighted by molar-refractivity contribution is 6.03. The summed E-state index contributed by atoms with van der Waals surface area (Å²) in [7, 11) is 0. The van der Waals surface area contributed by atoms with Crippen LogP contribution in [0.3, 0.4) is 0 Å². The van der Waals surface area contributed by atoms with Gasteiger partial charge in [0.1, 0.15) is 11.6 Å². The number of aliphatic hydroxyl groups excluding tert-OH is 1. The molecular formula is C18H20FNO3. The molecule has 1 aliphatic rings. The molecule has 4 nitrogen and oxygen atoms in total. The van der Waals surface area contributed by atoms with Crippen molar-refractivity contribution in [3.8, 4) is 0 Å². The average Bonchev–Trinajstić information content (AvgIpc) is 2.77. The summed E-state index contributed by atoms with van der Waals surface area (Å²) in [5.41, 5.74) is 1.34. The number of anilines is 1. The molecular weight excluding hydrogens is 297 g/mol. The van der Waals surface area contributed by atoms with Crippen molar-refractivity contribution in [2.75, 3.05) is 5.32 Å². The van der Waals surface area contributed by atoms with Crippen LogP contribution in [0.15, 0.2) is 28.7 Å². The second-order valence-corrected chi connectivity index (χ2v) is 6.89. The molecule has 0 radical (unpaired) electrons. The molecule has 2 aromatic rings. The fourth-order valence-corrected chi connectivity index (χ4v) is 3.24. The Hall–Kier alpha value is -2.14. The Bertz CT molecular complexity index is 764. The van der Waals surface area contributed by atoms with Gasteiger partial charge in [-0.15, -0.1) is 0 Å². The van der Waals surface area contributed by atoms with Gasteiger partial charge in [0.25, 0.3) is 5.91 Å². The summed E-state index contributed by atoms with van der Waals surface area (Å²) in [5, 5.41) is 12.9. The summed E-state index contributed by atoms with van der Waals surface area (Å²) in [6.45, 7) is 5.85. The van der Waals surface area contributed by atoms with Crippen LogP contribution in [0, 0.1) is 18.2 Å². The van der Waals surface area contributed by atoms with Crippen molar-refractivity contribution in [1.82, 2.24) is 0 Å². The van der Waals surface area contributed by atoms with Gasteiger partial charge in [-0.1, -0.05) is 26.0 Å². The van der Waals surface area contributed by atoms with Crippen LogP contribution in [0.25, 0.3) is 0 Å². The lowest BCUT2D eigenvalue weighted by Crippen LogP contribution is -2.24. The largest absolute Gasteiger partial charge is 0.455 e. The van der Waals surface area contributed by atoms with Crippen LogP contribution < -0.4 is 5.32 Å². The molecule has 0 bridgehead atoms. The number of halogens is 1. The minimum absolute atomic E-state index is 0.0873. The Morgan fingerprint density at radius 2 is 2.09 bits per heavy atom. The van der Waals surface area contributed by atoms with Crippen molar-refractivity contribution in [2.24, 2.45) is 5.41 Å². The molecule has 5 heteroatoms. The number of aliphatic hydroxyl groups is 1. The molecule has 23 heavy (non-hydrogen) atoms. The van der Waals surface area contributed by atoms with E-state index in [-0.39, 0.29) is 16.9 Å². The van der Waals surface area contributed by atoms with E-state index in [0.29, 0.717) is 29.7 Å². The van der Waals surface area contributed by atoms with Gasteiger partial charge >= 0.3 is 0 Å². The standard InChI is InChI=1S/C18H20FNO3/c1-10-15-13(21)8-18(2,3)9-14(15)23-16(10)17(22)20-12-7-5-4-6-11(12)19/h4-7,13,21H,8-9H2,1-3H3,(H,20,22)/t13-/m1/s1. The van der Waals surface area contributed by atoms with Crippen LogP contribution >= 0.6 is 0 Å². The second-order valence-electron chi connectivity index (χ2n) is 6.89. The van der Waals surface area contributed by atoms with Crippen LogP contribution in [0.4, 0.5) is 10.1 Å². The number of hydrogen-bond acceptors (Lipinski definition) is 3. The first-order valence-corrected chi connectivity index (χ1v) is 7.64. The zero-order valence-electron chi connectivity index (χ0n) is 13.4. The van der Waals surface area contributed by atoms with Gasteiger partial charge in [-0.05, 0) is 30.9 Å². The number of fused-ring (bicyclic) bond motifs is 1. The Morgan fingerprint density at radius 1 is 1.39 bits per heavy atom. The molecule has 1 aromatic heterocycles. The van der Waals surface area contributed by atoms with E-state index in [1.807, 2.05) is 0 Å².